The summed E-state index contributed by atoms with van der Waals surface area (Å²) in [7, 11) is 1.49. The Kier molecular flexibility index (Phi) is 3.43. The van der Waals surface area contributed by atoms with Gasteiger partial charge in [-0.15, -0.1) is 0 Å². The van der Waals surface area contributed by atoms with Crippen LogP contribution in [0.3, 0.4) is 0 Å². The maximum atomic E-state index is 13.3. The van der Waals surface area contributed by atoms with Crippen LogP contribution in [0.2, 0.25) is 0 Å². The molecule has 0 radical (unpaired) electrons. The highest BCUT2D eigenvalue weighted by atomic mass is 19.1. The fraction of sp³-hybridized carbons (Fsp3) is 0.250. The summed E-state index contributed by atoms with van der Waals surface area (Å²) in [6.07, 6.45) is 0.232. The third kappa shape index (κ3) is 2.52. The minimum absolute atomic E-state index is 0.0391. The summed E-state index contributed by atoms with van der Waals surface area (Å²) >= 11 is 0. The number of aromatic hydroxyl groups is 1. The largest absolute Gasteiger partial charge is 0.504 e. The smallest absolute Gasteiger partial charge is 0.160 e. The lowest BCUT2D eigenvalue weighted by molar-refractivity contribution is 0.160. The highest BCUT2D eigenvalue weighted by Gasteiger charge is 2.27. The fourth-order valence-corrected chi connectivity index (χ4v) is 2.59. The summed E-state index contributed by atoms with van der Waals surface area (Å²) in [5.41, 5.74) is 7.70. The second-order valence-corrected chi connectivity index (χ2v) is 5.06. The molecule has 0 saturated carbocycles. The van der Waals surface area contributed by atoms with Gasteiger partial charge in [0, 0.05) is 24.1 Å². The molecule has 0 saturated heterocycles. The first-order valence-electron chi connectivity index (χ1n) is 6.67. The molecule has 4 nitrogen and oxygen atoms in total. The minimum Gasteiger partial charge on any atom is -0.504 e. The van der Waals surface area contributed by atoms with E-state index in [1.165, 1.54) is 19.2 Å². The van der Waals surface area contributed by atoms with Gasteiger partial charge in [0.2, 0.25) is 0 Å². The Hall–Kier alpha value is -2.27. The van der Waals surface area contributed by atoms with E-state index in [1.807, 2.05) is 0 Å². The number of halogens is 1. The van der Waals surface area contributed by atoms with Crippen molar-refractivity contribution in [2.24, 2.45) is 5.73 Å². The second kappa shape index (κ2) is 5.26. The molecule has 0 aliphatic carbocycles. The number of hydrogen-bond acceptors (Lipinski definition) is 4. The predicted octanol–water partition coefficient (Wildman–Crippen LogP) is 3.06. The third-order valence-electron chi connectivity index (χ3n) is 3.69. The molecule has 0 spiro atoms. The SMILES string of the molecule is COc1ccc(C2C[C@@H](N)c3ccc(F)cc3O2)cc1O. The molecule has 0 fully saturated rings. The summed E-state index contributed by atoms with van der Waals surface area (Å²) < 4.78 is 24.2. The molecular weight excluding hydrogens is 273 g/mol. The number of methoxy groups -OCH3 is 1. The second-order valence-electron chi connectivity index (χ2n) is 5.06. The van der Waals surface area contributed by atoms with Crippen LogP contribution < -0.4 is 15.2 Å². The van der Waals surface area contributed by atoms with E-state index in [0.717, 1.165) is 11.1 Å². The zero-order chi connectivity index (χ0) is 15.0. The van der Waals surface area contributed by atoms with E-state index in [9.17, 15) is 9.50 Å². The van der Waals surface area contributed by atoms with Gasteiger partial charge in [0.25, 0.3) is 0 Å². The molecular formula is C16H16FNO3. The molecule has 0 aromatic heterocycles. The highest BCUT2D eigenvalue weighted by molar-refractivity contribution is 5.44. The summed E-state index contributed by atoms with van der Waals surface area (Å²) in [5, 5.41) is 9.86. The zero-order valence-corrected chi connectivity index (χ0v) is 11.5. The van der Waals surface area contributed by atoms with Crippen molar-refractivity contribution in [1.82, 2.24) is 0 Å². The Morgan fingerprint density at radius 2 is 2.10 bits per heavy atom. The van der Waals surface area contributed by atoms with Gasteiger partial charge in [-0.05, 0) is 23.8 Å². The summed E-state index contributed by atoms with van der Waals surface area (Å²) in [5.74, 6) is 0.524. The number of ether oxygens (including phenoxy) is 2. The fourth-order valence-electron chi connectivity index (χ4n) is 2.59. The normalized spacial score (nSPS) is 20.5. The molecule has 1 heterocycles. The lowest BCUT2D eigenvalue weighted by Crippen LogP contribution is -2.24. The Morgan fingerprint density at radius 1 is 1.29 bits per heavy atom. The molecule has 2 atom stereocenters. The Labute approximate surface area is 121 Å². The van der Waals surface area contributed by atoms with E-state index in [0.29, 0.717) is 17.9 Å². The predicted molar refractivity (Wildman–Crippen MR) is 76.0 cm³/mol. The first kappa shape index (κ1) is 13.7. The van der Waals surface area contributed by atoms with Crippen LogP contribution in [0.15, 0.2) is 36.4 Å². The van der Waals surface area contributed by atoms with Crippen molar-refractivity contribution >= 4 is 0 Å². The first-order valence-corrected chi connectivity index (χ1v) is 6.67. The maximum absolute atomic E-state index is 13.3. The van der Waals surface area contributed by atoms with Crippen LogP contribution in [-0.4, -0.2) is 12.2 Å². The lowest BCUT2D eigenvalue weighted by Gasteiger charge is -2.30. The number of nitrogens with two attached hydrogens (primary N) is 1. The van der Waals surface area contributed by atoms with Gasteiger partial charge >= 0.3 is 0 Å². The number of rotatable bonds is 2. The Bertz CT molecular complexity index is 675. The molecule has 3 N–H and O–H groups in total. The molecule has 21 heavy (non-hydrogen) atoms. The number of hydrogen-bond donors (Lipinski definition) is 2. The van der Waals surface area contributed by atoms with Crippen LogP contribution >= 0.6 is 0 Å². The van der Waals surface area contributed by atoms with Gasteiger partial charge < -0.3 is 20.3 Å². The molecule has 1 aliphatic heterocycles. The van der Waals surface area contributed by atoms with E-state index in [-0.39, 0.29) is 23.7 Å². The van der Waals surface area contributed by atoms with Gasteiger partial charge in [0.15, 0.2) is 11.5 Å². The van der Waals surface area contributed by atoms with Gasteiger partial charge in [-0.1, -0.05) is 12.1 Å². The van der Waals surface area contributed by atoms with Gasteiger partial charge in [-0.2, -0.15) is 0 Å². The van der Waals surface area contributed by atoms with Crippen LogP contribution in [0.4, 0.5) is 4.39 Å². The van der Waals surface area contributed by atoms with Crippen molar-refractivity contribution in [3.8, 4) is 17.2 Å². The molecule has 2 aromatic rings. The molecule has 1 unspecified atom stereocenters. The van der Waals surface area contributed by atoms with Crippen LogP contribution in [0.25, 0.3) is 0 Å². The average molecular weight is 289 g/mol. The van der Waals surface area contributed by atoms with Crippen LogP contribution in [0.5, 0.6) is 17.2 Å². The van der Waals surface area contributed by atoms with Gasteiger partial charge in [0.1, 0.15) is 17.7 Å². The van der Waals surface area contributed by atoms with Crippen molar-refractivity contribution < 1.29 is 19.0 Å². The van der Waals surface area contributed by atoms with Crippen molar-refractivity contribution in [2.45, 2.75) is 18.6 Å². The Morgan fingerprint density at radius 3 is 2.81 bits per heavy atom. The van der Waals surface area contributed by atoms with Crippen LogP contribution in [-0.2, 0) is 0 Å². The standard InChI is InChI=1S/C16H16FNO3/c1-20-14-5-2-9(6-13(14)19)15-8-12(18)11-4-3-10(17)7-16(11)21-15/h2-7,12,15,19H,8,18H2,1H3/t12-,15?/m1/s1. The quantitative estimate of drug-likeness (QED) is 0.891. The summed E-state index contributed by atoms with van der Waals surface area (Å²) in [4.78, 5) is 0. The van der Waals surface area contributed by atoms with Crippen LogP contribution in [0, 0.1) is 5.82 Å². The van der Waals surface area contributed by atoms with E-state index >= 15 is 0 Å². The number of benzene rings is 2. The van der Waals surface area contributed by atoms with E-state index in [4.69, 9.17) is 15.2 Å². The molecule has 1 aliphatic rings. The van der Waals surface area contributed by atoms with E-state index in [2.05, 4.69) is 0 Å². The third-order valence-corrected chi connectivity index (χ3v) is 3.69. The molecule has 3 rings (SSSR count). The molecule has 110 valence electrons. The maximum Gasteiger partial charge on any atom is 0.160 e. The average Bonchev–Trinajstić information content (AvgIpc) is 2.46. The number of fused-ring (bicyclic) bond motifs is 1. The van der Waals surface area contributed by atoms with Gasteiger partial charge in [0.05, 0.1) is 7.11 Å². The van der Waals surface area contributed by atoms with Crippen molar-refractivity contribution in [3.05, 3.63) is 53.3 Å². The number of phenolic OH excluding ortho intramolecular Hbond substituents is 1. The molecule has 0 amide bonds. The van der Waals surface area contributed by atoms with Gasteiger partial charge in [-0.25, -0.2) is 4.39 Å². The van der Waals surface area contributed by atoms with Crippen molar-refractivity contribution in [3.63, 3.8) is 0 Å². The van der Waals surface area contributed by atoms with Crippen LogP contribution in [0.1, 0.15) is 29.7 Å². The zero-order valence-electron chi connectivity index (χ0n) is 11.5. The Balaban J connectivity index is 1.93. The number of phenols is 1. The molecule has 0 bridgehead atoms. The first-order chi connectivity index (χ1) is 10.1. The van der Waals surface area contributed by atoms with Crippen molar-refractivity contribution in [2.75, 3.05) is 7.11 Å². The summed E-state index contributed by atoms with van der Waals surface area (Å²) in [6.45, 7) is 0. The topological polar surface area (TPSA) is 64.7 Å². The summed E-state index contributed by atoms with van der Waals surface area (Å²) in [6, 6.07) is 9.19. The van der Waals surface area contributed by atoms with Crippen molar-refractivity contribution in [1.29, 1.82) is 0 Å². The van der Waals surface area contributed by atoms with E-state index < -0.39 is 0 Å². The highest BCUT2D eigenvalue weighted by Crippen LogP contribution is 2.41. The van der Waals surface area contributed by atoms with E-state index in [1.54, 1.807) is 24.3 Å². The van der Waals surface area contributed by atoms with Gasteiger partial charge in [-0.3, -0.25) is 0 Å². The molecule has 5 heteroatoms. The monoisotopic (exact) mass is 289 g/mol. The lowest BCUT2D eigenvalue weighted by atomic mass is 9.93. The molecule has 2 aromatic carbocycles. The minimum atomic E-state index is -0.362.